The number of hydrazine groups is 1. The molecule has 0 heterocycles. The third kappa shape index (κ3) is 10.8. The van der Waals surface area contributed by atoms with Crippen LogP contribution in [0.3, 0.4) is 0 Å². The van der Waals surface area contributed by atoms with E-state index in [0.29, 0.717) is 18.9 Å². The minimum atomic E-state index is -1.17. The predicted molar refractivity (Wildman–Crippen MR) is 184 cm³/mol. The lowest BCUT2D eigenvalue weighted by Crippen LogP contribution is -2.60. The summed E-state index contributed by atoms with van der Waals surface area (Å²) in [6.07, 6.45) is 0.282. The Bertz CT molecular complexity index is 1630. The molecule has 0 aliphatic carbocycles. The largest absolute Gasteiger partial charge is 0.494 e. The first-order chi connectivity index (χ1) is 23.2. The van der Waals surface area contributed by atoms with Gasteiger partial charge in [-0.1, -0.05) is 97.1 Å². The summed E-state index contributed by atoms with van der Waals surface area (Å²) >= 11 is 0. The molecule has 0 saturated heterocycles. The Morgan fingerprint density at radius 3 is 1.85 bits per heavy atom. The summed E-state index contributed by atoms with van der Waals surface area (Å²) in [5.41, 5.74) is 12.5. The predicted octanol–water partition coefficient (Wildman–Crippen LogP) is 3.62. The Hall–Kier alpha value is -5.48. The molecule has 10 nitrogen and oxygen atoms in total. The van der Waals surface area contributed by atoms with Crippen molar-refractivity contribution in [3.05, 3.63) is 137 Å². The van der Waals surface area contributed by atoms with Crippen molar-refractivity contribution in [1.29, 1.82) is 0 Å². The van der Waals surface area contributed by atoms with Gasteiger partial charge < -0.3 is 21.1 Å². The van der Waals surface area contributed by atoms with E-state index in [1.54, 1.807) is 36.4 Å². The fraction of sp³-hybridized carbons (Fsp3) is 0.263. The number of carbonyl (C=O) groups is 4. The first-order valence-electron chi connectivity index (χ1n) is 16.0. The molecular formula is C38H43N5O5. The van der Waals surface area contributed by atoms with Gasteiger partial charge in [0.2, 0.25) is 23.6 Å². The highest BCUT2D eigenvalue weighted by atomic mass is 16.5. The fourth-order valence-corrected chi connectivity index (χ4v) is 5.18. The molecule has 5 N–H and O–H groups in total. The molecule has 4 aromatic rings. The molecular weight excluding hydrogens is 606 g/mol. The maximum atomic E-state index is 14.2. The van der Waals surface area contributed by atoms with Gasteiger partial charge in [-0.2, -0.15) is 0 Å². The molecule has 0 radical (unpaired) electrons. The van der Waals surface area contributed by atoms with Gasteiger partial charge in [-0.25, -0.2) is 5.01 Å². The third-order valence-corrected chi connectivity index (χ3v) is 7.71. The van der Waals surface area contributed by atoms with Crippen LogP contribution in [0.15, 0.2) is 109 Å². The average Bonchev–Trinajstić information content (AvgIpc) is 3.10. The van der Waals surface area contributed by atoms with Gasteiger partial charge in [-0.05, 0) is 46.9 Å². The van der Waals surface area contributed by atoms with E-state index in [4.69, 9.17) is 10.5 Å². The summed E-state index contributed by atoms with van der Waals surface area (Å²) in [5.74, 6) is -1.31. The van der Waals surface area contributed by atoms with Crippen LogP contribution >= 0.6 is 0 Å². The first kappa shape index (κ1) is 35.4. The van der Waals surface area contributed by atoms with Crippen LogP contribution in [0, 0.1) is 0 Å². The van der Waals surface area contributed by atoms with Crippen molar-refractivity contribution >= 4 is 23.6 Å². The van der Waals surface area contributed by atoms with Crippen LogP contribution in [0.2, 0.25) is 0 Å². The van der Waals surface area contributed by atoms with Gasteiger partial charge in [0.1, 0.15) is 17.8 Å². The van der Waals surface area contributed by atoms with Crippen LogP contribution in [-0.2, 0) is 51.5 Å². The van der Waals surface area contributed by atoms with Crippen molar-refractivity contribution in [2.24, 2.45) is 5.73 Å². The number of rotatable bonds is 15. The standard InChI is InChI=1S/C38H43N5O5/c1-3-48-33-20-18-30(19-21-33)23-35(43(27(2)44)42-36(45)24-29-12-8-5-9-13-29)38(47)41-34(22-28-10-6-4-7-11-28)37(46)40-26-32-16-14-31(25-39)15-17-32/h4-21,34-35H,3,22-26,39H2,1-2H3,(H,40,46)(H,41,47)(H,42,45)/t34-,35+/m0/s1. The normalized spacial score (nSPS) is 11.9. The molecule has 0 saturated carbocycles. The fourth-order valence-electron chi connectivity index (χ4n) is 5.18. The monoisotopic (exact) mass is 649 g/mol. The number of nitrogens with one attached hydrogen (secondary N) is 3. The molecule has 10 heteroatoms. The van der Waals surface area contributed by atoms with E-state index in [1.807, 2.05) is 79.7 Å². The van der Waals surface area contributed by atoms with Crippen LogP contribution in [0.4, 0.5) is 0 Å². The molecule has 0 aromatic heterocycles. The third-order valence-electron chi connectivity index (χ3n) is 7.71. The molecule has 0 bridgehead atoms. The second-order valence-electron chi connectivity index (χ2n) is 11.4. The van der Waals surface area contributed by atoms with Gasteiger partial charge in [0.05, 0.1) is 13.0 Å². The van der Waals surface area contributed by atoms with Gasteiger partial charge >= 0.3 is 0 Å². The number of nitrogens with zero attached hydrogens (tertiary/aromatic N) is 1. The summed E-state index contributed by atoms with van der Waals surface area (Å²) in [4.78, 5) is 54.0. The van der Waals surface area contributed by atoms with Crippen LogP contribution in [0.1, 0.15) is 41.7 Å². The average molecular weight is 650 g/mol. The van der Waals surface area contributed by atoms with E-state index in [9.17, 15) is 19.2 Å². The molecule has 48 heavy (non-hydrogen) atoms. The van der Waals surface area contributed by atoms with Gasteiger partial charge in [0.15, 0.2) is 0 Å². The van der Waals surface area contributed by atoms with Gasteiger partial charge in [0.25, 0.3) is 0 Å². The number of amides is 4. The topological polar surface area (TPSA) is 143 Å². The number of nitrogens with two attached hydrogens (primary N) is 1. The maximum absolute atomic E-state index is 14.2. The molecule has 0 unspecified atom stereocenters. The van der Waals surface area contributed by atoms with E-state index in [-0.39, 0.29) is 25.8 Å². The van der Waals surface area contributed by atoms with Crippen molar-refractivity contribution in [1.82, 2.24) is 21.1 Å². The summed E-state index contributed by atoms with van der Waals surface area (Å²) in [6.45, 7) is 4.33. The van der Waals surface area contributed by atoms with E-state index < -0.39 is 35.7 Å². The smallest absolute Gasteiger partial charge is 0.245 e. The van der Waals surface area contributed by atoms with E-state index >= 15 is 0 Å². The highest BCUT2D eigenvalue weighted by Crippen LogP contribution is 2.16. The second kappa shape index (κ2) is 18.0. The van der Waals surface area contributed by atoms with E-state index in [1.165, 1.54) is 6.92 Å². The number of hydrogen-bond acceptors (Lipinski definition) is 6. The van der Waals surface area contributed by atoms with Crippen LogP contribution < -0.4 is 26.5 Å². The zero-order valence-corrected chi connectivity index (χ0v) is 27.4. The van der Waals surface area contributed by atoms with Crippen molar-refractivity contribution in [2.75, 3.05) is 6.61 Å². The van der Waals surface area contributed by atoms with Crippen molar-refractivity contribution in [3.63, 3.8) is 0 Å². The molecule has 4 aromatic carbocycles. The van der Waals surface area contributed by atoms with Crippen molar-refractivity contribution < 1.29 is 23.9 Å². The van der Waals surface area contributed by atoms with Gasteiger partial charge in [0, 0.05) is 32.9 Å². The van der Waals surface area contributed by atoms with Crippen LogP contribution in [0.5, 0.6) is 5.75 Å². The molecule has 0 spiro atoms. The molecule has 0 fully saturated rings. The van der Waals surface area contributed by atoms with E-state index in [2.05, 4.69) is 16.1 Å². The Morgan fingerprint density at radius 2 is 1.27 bits per heavy atom. The van der Waals surface area contributed by atoms with Gasteiger partial charge in [-0.3, -0.25) is 24.6 Å². The van der Waals surface area contributed by atoms with Crippen molar-refractivity contribution in [3.8, 4) is 5.75 Å². The molecule has 0 aliphatic heterocycles. The lowest BCUT2D eigenvalue weighted by atomic mass is 10.0. The minimum Gasteiger partial charge on any atom is -0.494 e. The first-order valence-corrected chi connectivity index (χ1v) is 16.0. The Labute approximate surface area is 281 Å². The second-order valence-corrected chi connectivity index (χ2v) is 11.4. The molecule has 4 rings (SSSR count). The lowest BCUT2D eigenvalue weighted by molar-refractivity contribution is -0.148. The summed E-state index contributed by atoms with van der Waals surface area (Å²) in [6, 6.07) is 31.1. The number of hydrogen-bond donors (Lipinski definition) is 4. The lowest BCUT2D eigenvalue weighted by Gasteiger charge is -2.31. The van der Waals surface area contributed by atoms with Gasteiger partial charge in [-0.15, -0.1) is 0 Å². The maximum Gasteiger partial charge on any atom is 0.245 e. The van der Waals surface area contributed by atoms with Crippen LogP contribution in [0.25, 0.3) is 0 Å². The summed E-state index contributed by atoms with van der Waals surface area (Å²) in [7, 11) is 0. The SMILES string of the molecule is CCOc1ccc(C[C@H](C(=O)N[C@@H](Cc2ccccc2)C(=O)NCc2ccc(CN)cc2)N(NC(=O)Cc2ccccc2)C(C)=O)cc1. The Kier molecular flexibility index (Phi) is 13.3. The quantitative estimate of drug-likeness (QED) is 0.145. The summed E-state index contributed by atoms with van der Waals surface area (Å²) < 4.78 is 5.56. The zero-order chi connectivity index (χ0) is 34.3. The molecule has 2 atom stereocenters. The van der Waals surface area contributed by atoms with E-state index in [0.717, 1.165) is 32.8 Å². The number of benzene rings is 4. The molecule has 4 amide bonds. The zero-order valence-electron chi connectivity index (χ0n) is 27.4. The number of carbonyl (C=O) groups excluding carboxylic acids is 4. The highest BCUT2D eigenvalue weighted by Gasteiger charge is 2.33. The van der Waals surface area contributed by atoms with Crippen molar-refractivity contribution in [2.45, 2.75) is 58.3 Å². The minimum absolute atomic E-state index is 0.00725. The van der Waals surface area contributed by atoms with Crippen LogP contribution in [-0.4, -0.2) is 47.3 Å². The summed E-state index contributed by atoms with van der Waals surface area (Å²) in [5, 5.41) is 6.87. The highest BCUT2D eigenvalue weighted by molar-refractivity contribution is 5.93. The molecule has 250 valence electrons. The molecule has 0 aliphatic rings. The Balaban J connectivity index is 1.59. The Morgan fingerprint density at radius 1 is 0.708 bits per heavy atom. The number of ether oxygens (including phenoxy) is 1.